The van der Waals surface area contributed by atoms with Gasteiger partial charge in [0.05, 0.1) is 6.21 Å². The van der Waals surface area contributed by atoms with Crippen molar-refractivity contribution in [3.63, 3.8) is 0 Å². The van der Waals surface area contributed by atoms with Crippen LogP contribution in [0.15, 0.2) is 90.0 Å². The van der Waals surface area contributed by atoms with Gasteiger partial charge in [-0.1, -0.05) is 48.5 Å². The zero-order valence-electron chi connectivity index (χ0n) is 14.0. The zero-order valence-corrected chi connectivity index (χ0v) is 14.0. The number of benzene rings is 3. The van der Waals surface area contributed by atoms with E-state index in [4.69, 9.17) is 0 Å². The second kappa shape index (κ2) is 7.47. The Balaban J connectivity index is 1.97. The molecule has 0 spiro atoms. The summed E-state index contributed by atoms with van der Waals surface area (Å²) in [5.41, 5.74) is 4.47. The number of hydrogen-bond donors (Lipinski definition) is 0. The fourth-order valence-electron chi connectivity index (χ4n) is 2.49. The van der Waals surface area contributed by atoms with Gasteiger partial charge in [-0.2, -0.15) is 5.10 Å². The number of para-hydroxylation sites is 2. The molecule has 0 aliphatic heterocycles. The van der Waals surface area contributed by atoms with Gasteiger partial charge in [0.1, 0.15) is 0 Å². The van der Waals surface area contributed by atoms with Gasteiger partial charge < -0.3 is 9.91 Å². The molecule has 0 bridgehead atoms. The average molecular weight is 315 g/mol. The molecule has 0 aliphatic carbocycles. The molecule has 24 heavy (non-hydrogen) atoms. The molecule has 3 aromatic rings. The molecule has 3 aromatic carbocycles. The lowest BCUT2D eigenvalue weighted by Gasteiger charge is -2.25. The smallest absolute Gasteiger partial charge is 0.0542 e. The summed E-state index contributed by atoms with van der Waals surface area (Å²) in [6, 6.07) is 29.2. The molecule has 0 N–H and O–H groups in total. The van der Waals surface area contributed by atoms with Crippen LogP contribution in [0.25, 0.3) is 0 Å². The molecule has 0 heterocycles. The monoisotopic (exact) mass is 315 g/mol. The van der Waals surface area contributed by atoms with Crippen molar-refractivity contribution < 1.29 is 0 Å². The third-order valence-corrected chi connectivity index (χ3v) is 3.62. The minimum atomic E-state index is 1.08. The molecule has 0 atom stereocenters. The first kappa shape index (κ1) is 15.8. The van der Waals surface area contributed by atoms with E-state index < -0.39 is 0 Å². The van der Waals surface area contributed by atoms with Crippen molar-refractivity contribution in [1.29, 1.82) is 0 Å². The quantitative estimate of drug-likeness (QED) is 0.484. The topological polar surface area (TPSA) is 18.8 Å². The van der Waals surface area contributed by atoms with E-state index in [9.17, 15) is 0 Å². The zero-order chi connectivity index (χ0) is 16.8. The highest BCUT2D eigenvalue weighted by molar-refractivity contribution is 5.82. The van der Waals surface area contributed by atoms with Crippen molar-refractivity contribution in [3.05, 3.63) is 90.5 Å². The molecular weight excluding hydrogens is 294 g/mol. The Morgan fingerprint density at radius 1 is 0.625 bits per heavy atom. The van der Waals surface area contributed by atoms with Gasteiger partial charge in [-0.3, -0.25) is 0 Å². The molecule has 3 nitrogen and oxygen atoms in total. The predicted octanol–water partition coefficient (Wildman–Crippen LogP) is 5.05. The summed E-state index contributed by atoms with van der Waals surface area (Å²) < 4.78 is 0. The van der Waals surface area contributed by atoms with E-state index in [-0.39, 0.29) is 0 Å². The lowest BCUT2D eigenvalue weighted by Crippen LogP contribution is -2.09. The van der Waals surface area contributed by atoms with Crippen LogP contribution < -0.4 is 4.90 Å². The first-order valence-electron chi connectivity index (χ1n) is 7.95. The third kappa shape index (κ3) is 3.82. The fourth-order valence-corrected chi connectivity index (χ4v) is 2.49. The van der Waals surface area contributed by atoms with Crippen molar-refractivity contribution in [3.8, 4) is 0 Å². The van der Waals surface area contributed by atoms with E-state index in [0.29, 0.717) is 0 Å². The van der Waals surface area contributed by atoms with E-state index in [1.807, 2.05) is 32.4 Å². The second-order valence-electron chi connectivity index (χ2n) is 5.69. The summed E-state index contributed by atoms with van der Waals surface area (Å²) in [4.78, 5) is 2.24. The Morgan fingerprint density at radius 2 is 1.08 bits per heavy atom. The first-order valence-corrected chi connectivity index (χ1v) is 7.95. The van der Waals surface area contributed by atoms with E-state index in [0.717, 1.165) is 22.6 Å². The Hall–Kier alpha value is -3.07. The number of anilines is 3. The fraction of sp³-hybridized carbons (Fsp3) is 0.0952. The molecule has 0 amide bonds. The highest BCUT2D eigenvalue weighted by Gasteiger charge is 2.11. The molecule has 0 saturated heterocycles. The van der Waals surface area contributed by atoms with Gasteiger partial charge in [0.2, 0.25) is 0 Å². The van der Waals surface area contributed by atoms with Crippen LogP contribution >= 0.6 is 0 Å². The molecule has 0 radical (unpaired) electrons. The van der Waals surface area contributed by atoms with Crippen molar-refractivity contribution in [2.24, 2.45) is 5.10 Å². The van der Waals surface area contributed by atoms with Gasteiger partial charge >= 0.3 is 0 Å². The van der Waals surface area contributed by atoms with Crippen molar-refractivity contribution in [2.75, 3.05) is 19.0 Å². The molecule has 0 aliphatic rings. The largest absolute Gasteiger partial charge is 0.311 e. The second-order valence-corrected chi connectivity index (χ2v) is 5.69. The summed E-state index contributed by atoms with van der Waals surface area (Å²) in [6.45, 7) is 0. The highest BCUT2D eigenvalue weighted by atomic mass is 15.4. The highest BCUT2D eigenvalue weighted by Crippen LogP contribution is 2.33. The Labute approximate surface area is 143 Å². The Kier molecular flexibility index (Phi) is 4.92. The van der Waals surface area contributed by atoms with E-state index in [1.165, 1.54) is 0 Å². The van der Waals surface area contributed by atoms with Crippen molar-refractivity contribution in [2.45, 2.75) is 0 Å². The summed E-state index contributed by atoms with van der Waals surface area (Å²) in [7, 11) is 3.83. The molecular formula is C21H21N3. The first-order chi connectivity index (χ1) is 11.7. The molecule has 3 heteroatoms. The van der Waals surface area contributed by atoms with Gasteiger partial charge in [0.25, 0.3) is 0 Å². The Morgan fingerprint density at radius 3 is 1.54 bits per heavy atom. The van der Waals surface area contributed by atoms with Crippen molar-refractivity contribution >= 4 is 23.3 Å². The van der Waals surface area contributed by atoms with Crippen LogP contribution in [0.1, 0.15) is 5.56 Å². The van der Waals surface area contributed by atoms with Crippen LogP contribution in [0.4, 0.5) is 17.1 Å². The third-order valence-electron chi connectivity index (χ3n) is 3.62. The normalized spacial score (nSPS) is 10.8. The summed E-state index contributed by atoms with van der Waals surface area (Å²) in [5.74, 6) is 0. The summed E-state index contributed by atoms with van der Waals surface area (Å²) >= 11 is 0. The maximum Gasteiger partial charge on any atom is 0.0542 e. The number of hydrazone groups is 1. The SMILES string of the molecule is CN(C)N=Cc1ccc(N(c2ccccc2)c2ccccc2)cc1. The van der Waals surface area contributed by atoms with Gasteiger partial charge in [-0.15, -0.1) is 0 Å². The molecule has 0 saturated carbocycles. The number of rotatable bonds is 5. The van der Waals surface area contributed by atoms with Crippen LogP contribution in [0, 0.1) is 0 Å². The predicted molar refractivity (Wildman–Crippen MR) is 102 cm³/mol. The van der Waals surface area contributed by atoms with Gasteiger partial charge in [-0.05, 0) is 42.0 Å². The lowest BCUT2D eigenvalue weighted by atomic mass is 10.1. The average Bonchev–Trinajstić information content (AvgIpc) is 2.63. The maximum absolute atomic E-state index is 4.28. The summed E-state index contributed by atoms with van der Waals surface area (Å²) in [5, 5.41) is 6.07. The van der Waals surface area contributed by atoms with Gasteiger partial charge in [0, 0.05) is 31.2 Å². The van der Waals surface area contributed by atoms with Gasteiger partial charge in [-0.25, -0.2) is 0 Å². The van der Waals surface area contributed by atoms with Crippen LogP contribution in [0.5, 0.6) is 0 Å². The minimum Gasteiger partial charge on any atom is -0.311 e. The molecule has 3 rings (SSSR count). The maximum atomic E-state index is 4.28. The molecule has 0 unspecified atom stereocenters. The van der Waals surface area contributed by atoms with Gasteiger partial charge in [0.15, 0.2) is 0 Å². The number of hydrogen-bond acceptors (Lipinski definition) is 3. The summed E-state index contributed by atoms with van der Waals surface area (Å²) in [6.07, 6.45) is 1.86. The van der Waals surface area contributed by atoms with Crippen molar-refractivity contribution in [1.82, 2.24) is 5.01 Å². The van der Waals surface area contributed by atoms with E-state index in [2.05, 4.69) is 82.8 Å². The number of nitrogens with zero attached hydrogens (tertiary/aromatic N) is 3. The molecule has 0 fully saturated rings. The van der Waals surface area contributed by atoms with Crippen LogP contribution in [0.3, 0.4) is 0 Å². The van der Waals surface area contributed by atoms with Crippen LogP contribution in [0.2, 0.25) is 0 Å². The minimum absolute atomic E-state index is 1.08. The van der Waals surface area contributed by atoms with E-state index in [1.54, 1.807) is 5.01 Å². The Bertz CT molecular complexity index is 739. The standard InChI is InChI=1S/C21H21N3/c1-23(2)22-17-18-13-15-21(16-14-18)24(19-9-5-3-6-10-19)20-11-7-4-8-12-20/h3-17H,1-2H3. The van der Waals surface area contributed by atoms with Crippen LogP contribution in [-0.4, -0.2) is 25.3 Å². The molecule has 0 aromatic heterocycles. The van der Waals surface area contributed by atoms with E-state index >= 15 is 0 Å². The van der Waals surface area contributed by atoms with Crippen LogP contribution in [-0.2, 0) is 0 Å². The lowest BCUT2D eigenvalue weighted by molar-refractivity contribution is 0.440. The molecule has 120 valence electrons.